The van der Waals surface area contributed by atoms with Crippen molar-refractivity contribution in [3.05, 3.63) is 88.5 Å². The Kier molecular flexibility index (Phi) is 10.4. The summed E-state index contributed by atoms with van der Waals surface area (Å²) in [6.07, 6.45) is 6.74. The van der Waals surface area contributed by atoms with E-state index < -0.39 is 46.3 Å². The molecule has 0 radical (unpaired) electrons. The number of benzene rings is 3. The molecule has 3 nitrogen and oxygen atoms in total. The van der Waals surface area contributed by atoms with Crippen LogP contribution in [0.2, 0.25) is 0 Å². The fraction of sp³-hybridized carbons (Fsp3) is 0.472. The molecule has 2 fully saturated rings. The predicted octanol–water partition coefficient (Wildman–Crippen LogP) is 10.6. The van der Waals surface area contributed by atoms with Crippen molar-refractivity contribution in [1.82, 2.24) is 0 Å². The van der Waals surface area contributed by atoms with E-state index in [0.29, 0.717) is 36.1 Å². The van der Waals surface area contributed by atoms with Crippen LogP contribution in [0.15, 0.2) is 48.5 Å². The number of hydrogen-bond acceptors (Lipinski definition) is 3. The van der Waals surface area contributed by atoms with Crippen molar-refractivity contribution in [2.24, 2.45) is 11.8 Å². The summed E-state index contributed by atoms with van der Waals surface area (Å²) in [7, 11) is 0. The van der Waals surface area contributed by atoms with Crippen molar-refractivity contribution >= 4 is 0 Å². The van der Waals surface area contributed by atoms with E-state index in [2.05, 4.69) is 11.7 Å². The molecule has 0 aromatic heterocycles. The van der Waals surface area contributed by atoms with Crippen LogP contribution < -0.4 is 4.74 Å². The zero-order valence-corrected chi connectivity index (χ0v) is 25.2. The Bertz CT molecular complexity index is 1500. The lowest BCUT2D eigenvalue weighted by atomic mass is 9.69. The molecule has 3 aromatic rings. The van der Waals surface area contributed by atoms with E-state index in [4.69, 9.17) is 10.00 Å². The van der Waals surface area contributed by atoms with Gasteiger partial charge in [0.15, 0.2) is 0 Å². The minimum Gasteiger partial charge on any atom is -0.429 e. The molecule has 45 heavy (non-hydrogen) atoms. The number of hydrogen-bond donors (Lipinski definition) is 0. The van der Waals surface area contributed by atoms with Gasteiger partial charge in [0.05, 0.1) is 11.7 Å². The summed E-state index contributed by atoms with van der Waals surface area (Å²) in [5.41, 5.74) is -1.64. The molecule has 0 spiro atoms. The highest BCUT2D eigenvalue weighted by molar-refractivity contribution is 5.65. The fourth-order valence-corrected chi connectivity index (χ4v) is 6.92. The first-order valence-corrected chi connectivity index (χ1v) is 15.8. The highest BCUT2D eigenvalue weighted by Crippen LogP contribution is 2.44. The van der Waals surface area contributed by atoms with Crippen LogP contribution in [0.25, 0.3) is 11.1 Å². The molecule has 5 rings (SSSR count). The Hall–Kier alpha value is -3.51. The molecule has 0 saturated heterocycles. The summed E-state index contributed by atoms with van der Waals surface area (Å²) >= 11 is 0. The highest BCUT2D eigenvalue weighted by atomic mass is 19.3. The van der Waals surface area contributed by atoms with Gasteiger partial charge in [-0.3, -0.25) is 0 Å². The van der Waals surface area contributed by atoms with Gasteiger partial charge >= 0.3 is 6.11 Å². The topological polar surface area (TPSA) is 42.2 Å². The van der Waals surface area contributed by atoms with E-state index in [9.17, 15) is 22.0 Å². The van der Waals surface area contributed by atoms with Crippen molar-refractivity contribution in [3.8, 4) is 22.9 Å². The molecule has 3 aromatic carbocycles. The second kappa shape index (κ2) is 14.3. The molecule has 0 heterocycles. The van der Waals surface area contributed by atoms with Gasteiger partial charge in [-0.2, -0.15) is 14.0 Å². The quantitative estimate of drug-likeness (QED) is 0.166. The molecule has 0 atom stereocenters. The molecule has 2 aliphatic rings. The highest BCUT2D eigenvalue weighted by Gasteiger charge is 2.41. The van der Waals surface area contributed by atoms with Crippen molar-refractivity contribution in [2.45, 2.75) is 89.3 Å². The first-order valence-electron chi connectivity index (χ1n) is 15.8. The maximum atomic E-state index is 15.3. The smallest absolute Gasteiger partial charge is 0.429 e. The van der Waals surface area contributed by atoms with E-state index in [1.165, 1.54) is 31.0 Å². The van der Waals surface area contributed by atoms with E-state index >= 15 is 4.39 Å². The summed E-state index contributed by atoms with van der Waals surface area (Å²) in [4.78, 5) is 0. The third-order valence-electron chi connectivity index (χ3n) is 9.42. The number of halogens is 6. The minimum atomic E-state index is -4.52. The molecule has 0 bridgehead atoms. The van der Waals surface area contributed by atoms with Crippen molar-refractivity contribution in [3.63, 3.8) is 0 Å². The van der Waals surface area contributed by atoms with Crippen LogP contribution in [0, 0.1) is 46.4 Å². The molecule has 0 aliphatic heterocycles. The molecule has 240 valence electrons. The largest absolute Gasteiger partial charge is 0.432 e. The van der Waals surface area contributed by atoms with Crippen LogP contribution in [-0.2, 0) is 10.8 Å². The molecule has 0 amide bonds. The Morgan fingerprint density at radius 3 is 2.00 bits per heavy atom. The number of unbranched alkanes of at least 4 members (excludes halogenated alkanes) is 1. The van der Waals surface area contributed by atoms with Gasteiger partial charge in [-0.15, -0.1) is 0 Å². The third kappa shape index (κ3) is 7.66. The molecule has 2 aliphatic carbocycles. The standard InChI is InChI=1S/C36H37F6NO2/c1-2-3-16-44-28-12-8-23(9-13-28)22-4-6-24(7-5-22)25-11-15-30(32(38)17-25)27-18-33(39)35(34(40)19-27)36(41,42)45-29-14-10-26(21-43)31(37)20-29/h10-11,14-15,17-20,22-24,28H,2-9,12-13,16H2,1H3. The van der Waals surface area contributed by atoms with Crippen LogP contribution in [0.3, 0.4) is 0 Å². The third-order valence-corrected chi connectivity index (χ3v) is 9.42. The van der Waals surface area contributed by atoms with Gasteiger partial charge in [0.1, 0.15) is 40.7 Å². The van der Waals surface area contributed by atoms with Crippen molar-refractivity contribution in [1.29, 1.82) is 5.26 Å². The molecular formula is C36H37F6NO2. The maximum absolute atomic E-state index is 15.3. The molecule has 2 saturated carbocycles. The van der Waals surface area contributed by atoms with Crippen LogP contribution in [0.5, 0.6) is 5.75 Å². The summed E-state index contributed by atoms with van der Waals surface area (Å²) < 4.78 is 99.0. The Morgan fingerprint density at radius 2 is 1.42 bits per heavy atom. The number of rotatable bonds is 10. The van der Waals surface area contributed by atoms with E-state index in [1.807, 2.05) is 0 Å². The summed E-state index contributed by atoms with van der Waals surface area (Å²) in [6.45, 7) is 3.01. The average molecular weight is 630 g/mol. The molecular weight excluding hydrogens is 592 g/mol. The minimum absolute atomic E-state index is 0.118. The second-order valence-electron chi connectivity index (χ2n) is 12.3. The first-order chi connectivity index (χ1) is 21.6. The van der Waals surface area contributed by atoms with Crippen LogP contribution in [0.4, 0.5) is 26.3 Å². The lowest BCUT2D eigenvalue weighted by Gasteiger charge is -2.38. The van der Waals surface area contributed by atoms with Gasteiger partial charge in [0, 0.05) is 18.2 Å². The van der Waals surface area contributed by atoms with Gasteiger partial charge in [0.25, 0.3) is 0 Å². The van der Waals surface area contributed by atoms with Gasteiger partial charge in [-0.05, 0) is 117 Å². The van der Waals surface area contributed by atoms with Gasteiger partial charge < -0.3 is 9.47 Å². The van der Waals surface area contributed by atoms with Crippen LogP contribution >= 0.6 is 0 Å². The Morgan fingerprint density at radius 1 is 0.778 bits per heavy atom. The van der Waals surface area contributed by atoms with E-state index in [0.717, 1.165) is 75.7 Å². The summed E-state index contributed by atoms with van der Waals surface area (Å²) in [6, 6.07) is 9.65. The number of ether oxygens (including phenoxy) is 2. The van der Waals surface area contributed by atoms with Crippen LogP contribution in [-0.4, -0.2) is 12.7 Å². The first kappa shape index (κ1) is 32.9. The van der Waals surface area contributed by atoms with Gasteiger partial charge in [-0.25, -0.2) is 17.6 Å². The number of nitrogens with zero attached hydrogens (tertiary/aromatic N) is 1. The van der Waals surface area contributed by atoms with Crippen molar-refractivity contribution < 1.29 is 35.8 Å². The van der Waals surface area contributed by atoms with Gasteiger partial charge in [-0.1, -0.05) is 25.5 Å². The Labute approximate surface area is 260 Å². The fourth-order valence-electron chi connectivity index (χ4n) is 6.92. The predicted molar refractivity (Wildman–Crippen MR) is 159 cm³/mol. The average Bonchev–Trinajstić information content (AvgIpc) is 3.01. The zero-order chi connectivity index (χ0) is 32.1. The lowest BCUT2D eigenvalue weighted by Crippen LogP contribution is -2.28. The maximum Gasteiger partial charge on any atom is 0.432 e. The second-order valence-corrected chi connectivity index (χ2v) is 12.3. The lowest BCUT2D eigenvalue weighted by molar-refractivity contribution is -0.189. The van der Waals surface area contributed by atoms with Crippen LogP contribution in [0.1, 0.15) is 93.7 Å². The number of alkyl halides is 2. The van der Waals surface area contributed by atoms with E-state index in [-0.39, 0.29) is 17.0 Å². The summed E-state index contributed by atoms with van der Waals surface area (Å²) in [5.74, 6) is -4.30. The normalized spacial score (nSPS) is 22.2. The Balaban J connectivity index is 1.22. The monoisotopic (exact) mass is 629 g/mol. The van der Waals surface area contributed by atoms with Crippen molar-refractivity contribution in [2.75, 3.05) is 6.61 Å². The molecule has 0 unspecified atom stereocenters. The molecule has 0 N–H and O–H groups in total. The summed E-state index contributed by atoms with van der Waals surface area (Å²) in [5, 5.41) is 8.79. The zero-order valence-electron chi connectivity index (χ0n) is 25.2. The van der Waals surface area contributed by atoms with Gasteiger partial charge in [0.2, 0.25) is 0 Å². The number of nitriles is 1. The SMILES string of the molecule is CCCCOC1CCC(C2CCC(c3ccc(-c4cc(F)c(C(F)(F)Oc5ccc(C#N)c(F)c5)c(F)c4)c(F)c3)CC2)CC1. The molecule has 9 heteroatoms. The van der Waals surface area contributed by atoms with E-state index in [1.54, 1.807) is 6.07 Å².